The van der Waals surface area contributed by atoms with Gasteiger partial charge in [0.25, 0.3) is 5.91 Å². The predicted molar refractivity (Wildman–Crippen MR) is 147 cm³/mol. The highest BCUT2D eigenvalue weighted by Gasteiger charge is 2.32. The van der Waals surface area contributed by atoms with E-state index in [-0.39, 0.29) is 40.4 Å². The molecule has 208 valence electrons. The molecule has 2 unspecified atom stereocenters. The number of halogens is 1. The van der Waals surface area contributed by atoms with Crippen LogP contribution in [0.15, 0.2) is 35.6 Å². The molecule has 1 fully saturated rings. The lowest BCUT2D eigenvalue weighted by Crippen LogP contribution is -2.58. The average molecular weight is 540 g/mol. The number of hydrogen-bond acceptors (Lipinski definition) is 8. The highest BCUT2D eigenvalue weighted by Crippen LogP contribution is 2.35. The van der Waals surface area contributed by atoms with Crippen molar-refractivity contribution in [2.75, 3.05) is 36.8 Å². The van der Waals surface area contributed by atoms with Crippen LogP contribution in [0, 0.1) is 5.82 Å². The number of rotatable bonds is 6. The fourth-order valence-corrected chi connectivity index (χ4v) is 5.21. The Hall–Kier alpha value is -4.06. The maximum absolute atomic E-state index is 15.7. The number of amides is 1. The number of carbonyl (C=O) groups excluding carboxylic acids is 1. The van der Waals surface area contributed by atoms with Gasteiger partial charge in [0.1, 0.15) is 11.3 Å². The molecule has 0 radical (unpaired) electrons. The van der Waals surface area contributed by atoms with Crippen molar-refractivity contribution in [2.45, 2.75) is 52.2 Å². The highest BCUT2D eigenvalue weighted by atomic mass is 19.1. The van der Waals surface area contributed by atoms with Gasteiger partial charge in [-0.15, -0.1) is 0 Å². The number of benzene rings is 1. The van der Waals surface area contributed by atoms with Crippen LogP contribution in [0.1, 0.15) is 55.5 Å². The number of nitrogen functional groups attached to an aromatic ring is 1. The average Bonchev–Trinajstić information content (AvgIpc) is 2.87. The third-order valence-corrected chi connectivity index (χ3v) is 7.10. The van der Waals surface area contributed by atoms with Crippen LogP contribution in [0.2, 0.25) is 0 Å². The van der Waals surface area contributed by atoms with E-state index in [9.17, 15) is 19.5 Å². The molecule has 1 aliphatic rings. The molecule has 1 saturated heterocycles. The summed E-state index contributed by atoms with van der Waals surface area (Å²) >= 11 is 0. The van der Waals surface area contributed by atoms with Gasteiger partial charge in [-0.05, 0) is 40.7 Å². The largest absolute Gasteiger partial charge is 0.477 e. The maximum atomic E-state index is 15.7. The zero-order chi connectivity index (χ0) is 28.6. The first-order valence-corrected chi connectivity index (χ1v) is 12.8. The van der Waals surface area contributed by atoms with Gasteiger partial charge in [-0.25, -0.2) is 14.2 Å². The Labute approximate surface area is 225 Å². The second-order valence-electron chi connectivity index (χ2n) is 10.9. The molecule has 1 aromatic carbocycles. The zero-order valence-corrected chi connectivity index (χ0v) is 22.7. The smallest absolute Gasteiger partial charge is 0.341 e. The summed E-state index contributed by atoms with van der Waals surface area (Å²) < 4.78 is 17.4. The van der Waals surface area contributed by atoms with Gasteiger partial charge in [0.15, 0.2) is 5.82 Å². The lowest BCUT2D eigenvalue weighted by Gasteiger charge is -2.45. The minimum Gasteiger partial charge on any atom is -0.477 e. The summed E-state index contributed by atoms with van der Waals surface area (Å²) in [5.74, 6) is -2.44. The van der Waals surface area contributed by atoms with E-state index in [1.165, 1.54) is 24.8 Å². The maximum Gasteiger partial charge on any atom is 0.341 e. The van der Waals surface area contributed by atoms with E-state index < -0.39 is 28.3 Å². The molecular formula is C27H34FN7O4. The lowest BCUT2D eigenvalue weighted by atomic mass is 10.0. The summed E-state index contributed by atoms with van der Waals surface area (Å²) in [5.41, 5.74) is 4.83. The van der Waals surface area contributed by atoms with Gasteiger partial charge < -0.3 is 25.6 Å². The SMILES string of the molecule is CC1CN(c2cc3c(c(N)c2F)c(=O)c(C(=O)O)cn3C(C)(C)C)CC(C)N1CCNC(=O)c1cnccn1. The molecular weight excluding hydrogens is 505 g/mol. The van der Waals surface area contributed by atoms with Crippen LogP contribution in [0.4, 0.5) is 15.8 Å². The molecule has 12 heteroatoms. The fraction of sp³-hybridized carbons (Fsp3) is 0.444. The number of fused-ring (bicyclic) bond motifs is 1. The van der Waals surface area contributed by atoms with Crippen molar-refractivity contribution in [1.29, 1.82) is 0 Å². The fourth-order valence-electron chi connectivity index (χ4n) is 5.21. The molecule has 0 bridgehead atoms. The summed E-state index contributed by atoms with van der Waals surface area (Å²) in [5, 5.41) is 12.3. The number of aromatic carboxylic acids is 1. The molecule has 0 saturated carbocycles. The number of pyridine rings is 1. The quantitative estimate of drug-likeness (QED) is 0.402. The van der Waals surface area contributed by atoms with Crippen molar-refractivity contribution in [3.63, 3.8) is 0 Å². The number of aromatic nitrogens is 3. The van der Waals surface area contributed by atoms with Gasteiger partial charge in [-0.3, -0.25) is 19.5 Å². The minimum atomic E-state index is -1.39. The molecule has 11 nitrogen and oxygen atoms in total. The first kappa shape index (κ1) is 28.0. The molecule has 4 N–H and O–H groups in total. The number of piperazine rings is 1. The minimum absolute atomic E-state index is 0.0117. The van der Waals surface area contributed by atoms with Crippen LogP contribution >= 0.6 is 0 Å². The Kier molecular flexibility index (Phi) is 7.60. The molecule has 0 aliphatic carbocycles. The Morgan fingerprint density at radius 2 is 1.87 bits per heavy atom. The molecule has 4 rings (SSSR count). The van der Waals surface area contributed by atoms with Crippen LogP contribution in [-0.2, 0) is 5.54 Å². The zero-order valence-electron chi connectivity index (χ0n) is 22.7. The van der Waals surface area contributed by atoms with Crippen molar-refractivity contribution in [3.8, 4) is 0 Å². The van der Waals surface area contributed by atoms with E-state index in [2.05, 4.69) is 20.2 Å². The Balaban J connectivity index is 1.60. The molecule has 39 heavy (non-hydrogen) atoms. The third-order valence-electron chi connectivity index (χ3n) is 7.10. The number of anilines is 2. The van der Waals surface area contributed by atoms with E-state index in [4.69, 9.17) is 5.73 Å². The van der Waals surface area contributed by atoms with Gasteiger partial charge in [0, 0.05) is 62.4 Å². The Bertz CT molecular complexity index is 1460. The summed E-state index contributed by atoms with van der Waals surface area (Å²) in [6.45, 7) is 11.6. The molecule has 1 amide bonds. The van der Waals surface area contributed by atoms with Crippen molar-refractivity contribution in [2.24, 2.45) is 0 Å². The van der Waals surface area contributed by atoms with Gasteiger partial charge in [-0.2, -0.15) is 0 Å². The van der Waals surface area contributed by atoms with Crippen molar-refractivity contribution in [3.05, 3.63) is 58.2 Å². The van der Waals surface area contributed by atoms with Crippen LogP contribution in [0.25, 0.3) is 10.9 Å². The van der Waals surface area contributed by atoms with E-state index in [0.29, 0.717) is 31.7 Å². The first-order chi connectivity index (χ1) is 18.3. The number of carboxylic acid groups (broad SMARTS) is 1. The van der Waals surface area contributed by atoms with E-state index >= 15 is 4.39 Å². The molecule has 3 heterocycles. The lowest BCUT2D eigenvalue weighted by molar-refractivity contribution is 0.0694. The predicted octanol–water partition coefficient (Wildman–Crippen LogP) is 2.30. The Morgan fingerprint density at radius 1 is 1.21 bits per heavy atom. The van der Waals surface area contributed by atoms with Crippen LogP contribution in [0.3, 0.4) is 0 Å². The normalized spacial score (nSPS) is 18.4. The van der Waals surface area contributed by atoms with E-state index in [1.807, 2.05) is 39.5 Å². The van der Waals surface area contributed by atoms with Gasteiger partial charge in [0.05, 0.1) is 28.5 Å². The molecule has 2 atom stereocenters. The second-order valence-corrected chi connectivity index (χ2v) is 10.9. The summed E-state index contributed by atoms with van der Waals surface area (Å²) in [6.07, 6.45) is 5.67. The van der Waals surface area contributed by atoms with E-state index in [0.717, 1.165) is 0 Å². The van der Waals surface area contributed by atoms with Crippen molar-refractivity contribution >= 4 is 34.2 Å². The number of nitrogens with two attached hydrogens (primary N) is 1. The number of carboxylic acids is 1. The van der Waals surface area contributed by atoms with Gasteiger partial charge in [-0.1, -0.05) is 0 Å². The standard InChI is InChI=1S/C27H34FN7O4/c1-15-12-33(13-16(2)34(15)9-8-32-25(37)18-11-30-6-7-31-18)20-10-19-21(23(29)22(20)28)24(36)17(26(38)39)14-35(19)27(3,4)5/h6-7,10-11,14-16H,8-9,12-13,29H2,1-5H3,(H,32,37)(H,38,39). The number of nitrogens with one attached hydrogen (secondary N) is 1. The second kappa shape index (κ2) is 10.6. The van der Waals surface area contributed by atoms with E-state index in [1.54, 1.807) is 10.6 Å². The summed E-state index contributed by atoms with van der Waals surface area (Å²) in [6, 6.07) is 1.62. The summed E-state index contributed by atoms with van der Waals surface area (Å²) in [7, 11) is 0. The van der Waals surface area contributed by atoms with Crippen molar-refractivity contribution < 1.29 is 19.1 Å². The topological polar surface area (TPSA) is 147 Å². The first-order valence-electron chi connectivity index (χ1n) is 12.8. The Morgan fingerprint density at radius 3 is 2.44 bits per heavy atom. The molecule has 1 aliphatic heterocycles. The molecule has 0 spiro atoms. The van der Waals surface area contributed by atoms with Crippen LogP contribution in [0.5, 0.6) is 0 Å². The molecule has 3 aromatic rings. The highest BCUT2D eigenvalue weighted by molar-refractivity contribution is 5.99. The molecule has 2 aromatic heterocycles. The van der Waals surface area contributed by atoms with Crippen LogP contribution in [-0.4, -0.2) is 74.7 Å². The van der Waals surface area contributed by atoms with Gasteiger partial charge >= 0.3 is 5.97 Å². The summed E-state index contributed by atoms with van der Waals surface area (Å²) in [4.78, 5) is 49.1. The number of hydrogen-bond donors (Lipinski definition) is 3. The number of carbonyl (C=O) groups is 2. The van der Waals surface area contributed by atoms with Gasteiger partial charge in [0.2, 0.25) is 5.43 Å². The monoisotopic (exact) mass is 539 g/mol. The van der Waals surface area contributed by atoms with Crippen molar-refractivity contribution in [1.82, 2.24) is 24.8 Å². The van der Waals surface area contributed by atoms with Crippen LogP contribution < -0.4 is 21.4 Å². The third kappa shape index (κ3) is 5.42. The number of nitrogens with zero attached hydrogens (tertiary/aromatic N) is 5.